The van der Waals surface area contributed by atoms with Gasteiger partial charge in [-0.2, -0.15) is 0 Å². The summed E-state index contributed by atoms with van der Waals surface area (Å²) >= 11 is 0. The van der Waals surface area contributed by atoms with E-state index >= 15 is 0 Å². The van der Waals surface area contributed by atoms with Crippen molar-refractivity contribution >= 4 is 37.0 Å². The first-order valence-corrected chi connectivity index (χ1v) is 22.9. The Hall–Kier alpha value is -5.86. The average molecular weight is 829 g/mol. The molecule has 2 aromatic heterocycles. The van der Waals surface area contributed by atoms with Crippen LogP contribution in [0.25, 0.3) is 11.0 Å². The number of fused-ring (bicyclic) bond motifs is 1. The molecule has 0 radical (unpaired) electrons. The predicted molar refractivity (Wildman–Crippen MR) is 232 cm³/mol. The van der Waals surface area contributed by atoms with Crippen molar-refractivity contribution < 1.29 is 38.1 Å². The average Bonchev–Trinajstić information content (AvgIpc) is 3.82. The Bertz CT molecular complexity index is 2350. The number of ether oxygens (including phenoxy) is 4. The highest BCUT2D eigenvalue weighted by Crippen LogP contribution is 2.48. The van der Waals surface area contributed by atoms with E-state index < -0.39 is 44.2 Å². The second-order valence-electron chi connectivity index (χ2n) is 16.5. The van der Waals surface area contributed by atoms with Gasteiger partial charge in [0.25, 0.3) is 5.91 Å². The second kappa shape index (κ2) is 17.4. The molecule has 13 heteroatoms. The third-order valence-corrected chi connectivity index (χ3v) is 16.3. The van der Waals surface area contributed by atoms with Crippen molar-refractivity contribution in [3.63, 3.8) is 0 Å². The van der Waals surface area contributed by atoms with Crippen LogP contribution >= 0.6 is 0 Å². The van der Waals surface area contributed by atoms with Crippen molar-refractivity contribution in [2.45, 2.75) is 69.4 Å². The van der Waals surface area contributed by atoms with Crippen molar-refractivity contribution in [2.24, 2.45) is 5.92 Å². The lowest BCUT2D eigenvalue weighted by Crippen LogP contribution is -2.47. The maximum atomic E-state index is 13.2. The molecule has 0 unspecified atom stereocenters. The molecule has 0 spiro atoms. The van der Waals surface area contributed by atoms with Crippen molar-refractivity contribution in [2.75, 3.05) is 26.1 Å². The Morgan fingerprint density at radius 2 is 1.37 bits per heavy atom. The van der Waals surface area contributed by atoms with E-state index in [0.717, 1.165) is 16.7 Å². The third-order valence-electron chi connectivity index (χ3n) is 11.8. The molecule has 1 amide bonds. The first-order valence-electron chi connectivity index (χ1n) is 20.0. The summed E-state index contributed by atoms with van der Waals surface area (Å²) in [5.41, 5.74) is 2.32. The molecule has 3 heterocycles. The van der Waals surface area contributed by atoms with Gasteiger partial charge >= 0.3 is 5.97 Å². The number of carboxylic acids is 1. The van der Waals surface area contributed by atoms with Gasteiger partial charge in [-0.25, -0.2) is 9.97 Å². The summed E-state index contributed by atoms with van der Waals surface area (Å²) in [5.74, 6) is -0.220. The Labute approximate surface area is 351 Å². The van der Waals surface area contributed by atoms with Gasteiger partial charge in [0.1, 0.15) is 34.9 Å². The van der Waals surface area contributed by atoms with E-state index in [1.165, 1.54) is 6.33 Å². The van der Waals surface area contributed by atoms with E-state index in [1.54, 1.807) is 38.5 Å². The molecule has 0 aliphatic carbocycles. The van der Waals surface area contributed by atoms with Gasteiger partial charge < -0.3 is 38.4 Å². The van der Waals surface area contributed by atoms with E-state index in [-0.39, 0.29) is 24.0 Å². The summed E-state index contributed by atoms with van der Waals surface area (Å²) in [6.07, 6.45) is 0.711. The molecular weight excluding hydrogens is 777 g/mol. The van der Waals surface area contributed by atoms with Crippen LogP contribution in [0.1, 0.15) is 60.5 Å². The fraction of sp³-hybridized carbons (Fsp3) is 0.319. The number of amides is 1. The Morgan fingerprint density at radius 3 is 1.92 bits per heavy atom. The largest absolute Gasteiger partial charge is 0.497 e. The number of carboxylic acid groups (broad SMARTS) is 1. The summed E-state index contributed by atoms with van der Waals surface area (Å²) < 4.78 is 34.5. The van der Waals surface area contributed by atoms with Crippen LogP contribution in [0.15, 0.2) is 128 Å². The van der Waals surface area contributed by atoms with E-state index in [1.807, 2.05) is 102 Å². The van der Waals surface area contributed by atoms with E-state index in [4.69, 9.17) is 23.4 Å². The van der Waals surface area contributed by atoms with Gasteiger partial charge in [-0.15, -0.1) is 0 Å². The monoisotopic (exact) mass is 828 g/mol. The smallest absolute Gasteiger partial charge is 0.303 e. The molecule has 6 aromatic rings. The molecule has 0 saturated carbocycles. The van der Waals surface area contributed by atoms with Gasteiger partial charge in [-0.3, -0.25) is 9.59 Å². The van der Waals surface area contributed by atoms with Gasteiger partial charge in [-0.05, 0) is 77.3 Å². The van der Waals surface area contributed by atoms with Crippen LogP contribution in [0.3, 0.4) is 0 Å². The maximum Gasteiger partial charge on any atom is 0.303 e. The molecule has 4 aromatic carbocycles. The zero-order valence-electron chi connectivity index (χ0n) is 35.0. The fourth-order valence-corrected chi connectivity index (χ4v) is 8.93. The number of nitrogens with one attached hydrogen (secondary N) is 1. The van der Waals surface area contributed by atoms with E-state index in [9.17, 15) is 14.7 Å². The first kappa shape index (κ1) is 42.3. The maximum absolute atomic E-state index is 13.2. The minimum atomic E-state index is -2.56. The lowest BCUT2D eigenvalue weighted by atomic mass is 9.80. The summed E-state index contributed by atoms with van der Waals surface area (Å²) in [4.78, 5) is 35.1. The predicted octanol–water partition coefficient (Wildman–Crippen LogP) is 9.09. The molecule has 7 rings (SSSR count). The number of nitrogens with zero attached hydrogens (tertiary/aromatic N) is 3. The zero-order valence-corrected chi connectivity index (χ0v) is 36.0. The van der Waals surface area contributed by atoms with Crippen LogP contribution in [-0.4, -0.2) is 72.9 Å². The summed E-state index contributed by atoms with van der Waals surface area (Å²) in [5, 5.41) is 13.8. The highest BCUT2D eigenvalue weighted by Gasteiger charge is 2.52. The fourth-order valence-electron chi connectivity index (χ4n) is 7.61. The Morgan fingerprint density at radius 1 is 0.800 bits per heavy atom. The van der Waals surface area contributed by atoms with Crippen molar-refractivity contribution in [3.05, 3.63) is 150 Å². The van der Waals surface area contributed by atoms with Gasteiger partial charge in [-0.1, -0.05) is 93.6 Å². The summed E-state index contributed by atoms with van der Waals surface area (Å²) in [6, 6.07) is 36.2. The SMILES string of the molecule is COc1ccc(C(OC[C@@H]2O[C@@H](n3ccc4c(NC(=O)c5ccccc5)ncnc43)[C@H](O[Si](C)(C)C(C)(C)C)[C@H]2CC(=O)O)(c2ccccc2)c2ccc(OC)cc2)cc1. The summed E-state index contributed by atoms with van der Waals surface area (Å²) in [7, 11) is 0.689. The highest BCUT2D eigenvalue weighted by molar-refractivity contribution is 6.74. The number of rotatable bonds is 15. The normalized spacial score (nSPS) is 18.3. The number of hydrogen-bond acceptors (Lipinski definition) is 9. The molecule has 1 aliphatic heterocycles. The van der Waals surface area contributed by atoms with Crippen LogP contribution in [-0.2, 0) is 24.3 Å². The van der Waals surface area contributed by atoms with Crippen molar-refractivity contribution in [1.82, 2.24) is 14.5 Å². The van der Waals surface area contributed by atoms with Gasteiger partial charge in [0.05, 0.1) is 44.8 Å². The number of methoxy groups -OCH3 is 2. The van der Waals surface area contributed by atoms with Crippen LogP contribution < -0.4 is 14.8 Å². The number of benzene rings is 4. The molecule has 12 nitrogen and oxygen atoms in total. The number of aromatic nitrogens is 3. The number of carbonyl (C=O) groups excluding carboxylic acids is 1. The number of carbonyl (C=O) groups is 2. The van der Waals surface area contributed by atoms with Crippen LogP contribution in [0.2, 0.25) is 18.1 Å². The molecule has 1 aliphatic rings. The number of hydrogen-bond donors (Lipinski definition) is 2. The molecule has 60 heavy (non-hydrogen) atoms. The third kappa shape index (κ3) is 8.43. The van der Waals surface area contributed by atoms with E-state index in [0.29, 0.717) is 33.9 Å². The standard InChI is InChI=1S/C47H52N4O8Si/c1-46(2,3)60(6,7)59-41-38(28-40(52)53)39(58-45(41)51-27-26-37-42(48-30-49-43(37)51)50-44(54)31-14-10-8-11-15-31)29-57-47(32-16-12-9-13-17-32,33-18-22-35(55-4)23-19-33)34-20-24-36(56-5)25-21-34/h8-27,30,38-39,41,45H,28-29H2,1-7H3,(H,52,53)(H,48,49,50,54)/t38-,39-,41+,45+/m0/s1. The van der Waals surface area contributed by atoms with Gasteiger partial charge in [0.15, 0.2) is 14.5 Å². The lowest BCUT2D eigenvalue weighted by Gasteiger charge is -2.41. The number of anilines is 1. The lowest BCUT2D eigenvalue weighted by molar-refractivity contribution is -0.139. The zero-order chi connectivity index (χ0) is 42.7. The molecule has 4 atom stereocenters. The molecule has 312 valence electrons. The molecule has 1 saturated heterocycles. The quantitative estimate of drug-likeness (QED) is 0.0760. The number of aliphatic carboxylic acids is 1. The minimum absolute atomic E-state index is 0.00860. The Kier molecular flexibility index (Phi) is 12.3. The highest BCUT2D eigenvalue weighted by atomic mass is 28.4. The molecule has 0 bridgehead atoms. The van der Waals surface area contributed by atoms with Gasteiger partial charge in [0, 0.05) is 17.7 Å². The minimum Gasteiger partial charge on any atom is -0.497 e. The van der Waals surface area contributed by atoms with Crippen LogP contribution in [0, 0.1) is 5.92 Å². The molecular formula is C47H52N4O8Si. The van der Waals surface area contributed by atoms with Gasteiger partial charge in [0.2, 0.25) is 0 Å². The van der Waals surface area contributed by atoms with Crippen molar-refractivity contribution in [1.29, 1.82) is 0 Å². The Balaban J connectivity index is 1.33. The van der Waals surface area contributed by atoms with Crippen LogP contribution in [0.5, 0.6) is 11.5 Å². The first-order chi connectivity index (χ1) is 28.8. The molecule has 2 N–H and O–H groups in total. The van der Waals surface area contributed by atoms with E-state index in [2.05, 4.69) is 49.1 Å². The topological polar surface area (TPSA) is 143 Å². The molecule has 1 fully saturated rings. The van der Waals surface area contributed by atoms with Crippen LogP contribution in [0.4, 0.5) is 5.82 Å². The summed E-state index contributed by atoms with van der Waals surface area (Å²) in [6.45, 7) is 10.7. The second-order valence-corrected chi connectivity index (χ2v) is 21.2. The van der Waals surface area contributed by atoms with Crippen molar-refractivity contribution in [3.8, 4) is 11.5 Å².